The Labute approximate surface area is 288 Å². The second kappa shape index (κ2) is 15.7. The number of methoxy groups -OCH3 is 1. The van der Waals surface area contributed by atoms with Crippen LogP contribution in [0.5, 0.6) is 5.88 Å². The van der Waals surface area contributed by atoms with Gasteiger partial charge in [-0.2, -0.15) is 4.98 Å². The van der Waals surface area contributed by atoms with E-state index < -0.39 is 36.1 Å². The van der Waals surface area contributed by atoms with Gasteiger partial charge < -0.3 is 30.2 Å². The first-order chi connectivity index (χ1) is 23.8. The number of nitrogens with two attached hydrogens (primary N) is 1. The zero-order chi connectivity index (χ0) is 34.3. The van der Waals surface area contributed by atoms with Gasteiger partial charge in [-0.05, 0) is 74.4 Å². The quantitative estimate of drug-likeness (QED) is 0.131. The summed E-state index contributed by atoms with van der Waals surface area (Å²) in [6.45, 7) is 0.0939. The van der Waals surface area contributed by atoms with Crippen molar-refractivity contribution in [2.24, 2.45) is 17.6 Å². The van der Waals surface area contributed by atoms with E-state index >= 15 is 0 Å². The molecule has 0 aromatic carbocycles. The minimum absolute atomic E-state index is 0.0275. The summed E-state index contributed by atoms with van der Waals surface area (Å²) < 4.78 is 17.4. The van der Waals surface area contributed by atoms with Crippen LogP contribution in [0.4, 0.5) is 4.79 Å². The number of pyridine rings is 1. The van der Waals surface area contributed by atoms with E-state index in [0.717, 1.165) is 49.6 Å². The highest BCUT2D eigenvalue weighted by Gasteiger charge is 2.43. The molecule has 3 aromatic heterocycles. The maximum absolute atomic E-state index is 14.0. The van der Waals surface area contributed by atoms with Crippen LogP contribution < -0.4 is 15.8 Å². The first-order valence-corrected chi connectivity index (χ1v) is 17.8. The minimum atomic E-state index is -0.915. The number of likely N-dealkylation sites (tertiary alicyclic amines) is 1. The number of fused-ring (bicyclic) bond motifs is 1. The van der Waals surface area contributed by atoms with E-state index in [4.69, 9.17) is 19.9 Å². The monoisotopic (exact) mass is 690 g/mol. The lowest BCUT2D eigenvalue weighted by atomic mass is 9.96. The van der Waals surface area contributed by atoms with Crippen molar-refractivity contribution in [2.45, 2.75) is 88.5 Å². The standard InChI is InChI=1S/C35H42N6O7S/c1-46-34(44)24-18-21(24)10-5-3-2-4-6-14-27(39-35(45)48-22-11-9-12-22)33(43)41-20-23(19-28(41)30(36)42)47-32-29-25(15-17-49-29)38-31(40-32)26-13-7-8-16-37-26/h5,7-8,10,13,15-17,21-24,27-28H,2-4,6,9,11-12,14,18-20H2,1H3,(H2,36,42)(H,39,45)/b10-5-/t21-,23?,24+,27?,28+/m1/s1. The molecule has 2 unspecified atom stereocenters. The highest BCUT2D eigenvalue weighted by molar-refractivity contribution is 7.17. The zero-order valence-corrected chi connectivity index (χ0v) is 28.3. The lowest BCUT2D eigenvalue weighted by Gasteiger charge is -2.29. The molecular weight excluding hydrogens is 648 g/mol. The highest BCUT2D eigenvalue weighted by Crippen LogP contribution is 2.40. The van der Waals surface area contributed by atoms with Crippen molar-refractivity contribution in [3.8, 4) is 17.4 Å². The van der Waals surface area contributed by atoms with Gasteiger partial charge in [-0.1, -0.05) is 31.1 Å². The number of allylic oxidation sites excluding steroid dienone is 2. The number of thiophene rings is 1. The predicted octanol–water partition coefficient (Wildman–Crippen LogP) is 4.55. The average molecular weight is 691 g/mol. The van der Waals surface area contributed by atoms with Gasteiger partial charge in [-0.15, -0.1) is 11.3 Å². The molecule has 3 aromatic rings. The molecule has 1 saturated heterocycles. The molecule has 3 N–H and O–H groups in total. The third-order valence-electron chi connectivity index (χ3n) is 9.33. The maximum atomic E-state index is 14.0. The Bertz CT molecular complexity index is 1680. The lowest BCUT2D eigenvalue weighted by molar-refractivity contribution is -0.142. The summed E-state index contributed by atoms with van der Waals surface area (Å²) in [5.74, 6) is -0.237. The van der Waals surface area contributed by atoms with Gasteiger partial charge in [0.2, 0.25) is 17.7 Å². The van der Waals surface area contributed by atoms with E-state index in [9.17, 15) is 19.2 Å². The van der Waals surface area contributed by atoms with Crippen LogP contribution in [-0.2, 0) is 23.9 Å². The number of hydrogen-bond donors (Lipinski definition) is 2. The number of amides is 3. The predicted molar refractivity (Wildman–Crippen MR) is 181 cm³/mol. The molecule has 0 spiro atoms. The molecule has 3 aliphatic rings. The molecule has 260 valence electrons. The molecule has 3 amide bonds. The Kier molecular flexibility index (Phi) is 11.0. The summed E-state index contributed by atoms with van der Waals surface area (Å²) in [6.07, 6.45) is 11.7. The van der Waals surface area contributed by atoms with Crippen molar-refractivity contribution < 1.29 is 33.4 Å². The molecular formula is C35H42N6O7S. The van der Waals surface area contributed by atoms with Crippen LogP contribution in [0.2, 0.25) is 0 Å². The molecule has 2 saturated carbocycles. The summed E-state index contributed by atoms with van der Waals surface area (Å²) >= 11 is 1.43. The smallest absolute Gasteiger partial charge is 0.408 e. The fraction of sp³-hybridized carbons (Fsp3) is 0.514. The van der Waals surface area contributed by atoms with E-state index in [-0.39, 0.29) is 36.9 Å². The van der Waals surface area contributed by atoms with Crippen LogP contribution in [0.3, 0.4) is 0 Å². The molecule has 14 heteroatoms. The number of aromatic nitrogens is 3. The van der Waals surface area contributed by atoms with E-state index in [2.05, 4.69) is 32.4 Å². The first-order valence-electron chi connectivity index (χ1n) is 17.0. The first kappa shape index (κ1) is 34.3. The van der Waals surface area contributed by atoms with Gasteiger partial charge in [0.25, 0.3) is 0 Å². The number of alkyl carbamates (subject to hydrolysis) is 1. The van der Waals surface area contributed by atoms with Crippen LogP contribution in [-0.4, -0.2) is 81.7 Å². The molecule has 2 aliphatic carbocycles. The van der Waals surface area contributed by atoms with E-state index in [1.54, 1.807) is 6.20 Å². The Morgan fingerprint density at radius 2 is 1.96 bits per heavy atom. The molecule has 0 bridgehead atoms. The minimum Gasteiger partial charge on any atom is -0.471 e. The normalized spacial score (nSPS) is 22.4. The lowest BCUT2D eigenvalue weighted by Crippen LogP contribution is -2.53. The summed E-state index contributed by atoms with van der Waals surface area (Å²) in [6, 6.07) is 5.54. The van der Waals surface area contributed by atoms with Crippen molar-refractivity contribution >= 4 is 45.4 Å². The van der Waals surface area contributed by atoms with Gasteiger partial charge in [0.1, 0.15) is 34.7 Å². The van der Waals surface area contributed by atoms with Crippen molar-refractivity contribution in [2.75, 3.05) is 13.7 Å². The van der Waals surface area contributed by atoms with E-state index in [1.807, 2.05) is 29.6 Å². The summed E-state index contributed by atoms with van der Waals surface area (Å²) in [7, 11) is 1.41. The van der Waals surface area contributed by atoms with Gasteiger partial charge in [-0.3, -0.25) is 19.4 Å². The Hall–Kier alpha value is -4.59. The van der Waals surface area contributed by atoms with Gasteiger partial charge in [0.15, 0.2) is 5.82 Å². The summed E-state index contributed by atoms with van der Waals surface area (Å²) in [5.41, 5.74) is 7.11. The van der Waals surface area contributed by atoms with Crippen LogP contribution in [0.15, 0.2) is 48.0 Å². The molecule has 13 nitrogen and oxygen atoms in total. The summed E-state index contributed by atoms with van der Waals surface area (Å²) in [5, 5.41) is 4.68. The topological polar surface area (TPSA) is 176 Å². The van der Waals surface area contributed by atoms with Gasteiger partial charge in [-0.25, -0.2) is 9.78 Å². The van der Waals surface area contributed by atoms with Crippen LogP contribution in [0.25, 0.3) is 21.7 Å². The number of carbonyl (C=O) groups excluding carboxylic acids is 4. The molecule has 5 atom stereocenters. The number of hydrogen-bond acceptors (Lipinski definition) is 11. The Morgan fingerprint density at radius 3 is 2.69 bits per heavy atom. The number of rotatable bonds is 15. The van der Waals surface area contributed by atoms with Crippen LogP contribution >= 0.6 is 11.3 Å². The largest absolute Gasteiger partial charge is 0.471 e. The van der Waals surface area contributed by atoms with Crippen molar-refractivity contribution in [3.05, 3.63) is 48.0 Å². The molecule has 1 aliphatic heterocycles. The van der Waals surface area contributed by atoms with E-state index in [1.165, 1.54) is 23.3 Å². The number of primary amides is 1. The molecule has 3 fully saturated rings. The molecule has 49 heavy (non-hydrogen) atoms. The second-order valence-corrected chi connectivity index (χ2v) is 13.8. The third-order valence-corrected chi connectivity index (χ3v) is 10.2. The number of unbranched alkanes of at least 4 members (excludes halogenated alkanes) is 3. The van der Waals surface area contributed by atoms with Crippen LogP contribution in [0.1, 0.15) is 64.2 Å². The molecule has 6 rings (SSSR count). The fourth-order valence-corrected chi connectivity index (χ4v) is 7.02. The maximum Gasteiger partial charge on any atom is 0.408 e. The number of nitrogens with zero attached hydrogens (tertiary/aromatic N) is 4. The van der Waals surface area contributed by atoms with Crippen molar-refractivity contribution in [1.29, 1.82) is 0 Å². The summed E-state index contributed by atoms with van der Waals surface area (Å²) in [4.78, 5) is 66.2. The zero-order valence-electron chi connectivity index (χ0n) is 27.5. The van der Waals surface area contributed by atoms with Gasteiger partial charge >= 0.3 is 12.1 Å². The van der Waals surface area contributed by atoms with Crippen molar-refractivity contribution in [3.63, 3.8) is 0 Å². The van der Waals surface area contributed by atoms with Crippen molar-refractivity contribution in [1.82, 2.24) is 25.2 Å². The Balaban J connectivity index is 1.10. The van der Waals surface area contributed by atoms with Gasteiger partial charge in [0.05, 0.1) is 25.1 Å². The number of carbonyl (C=O) groups is 4. The second-order valence-electron chi connectivity index (χ2n) is 12.8. The van der Waals surface area contributed by atoms with E-state index in [0.29, 0.717) is 35.8 Å². The molecule has 0 radical (unpaired) electrons. The number of nitrogens with one attached hydrogen (secondary N) is 1. The molecule has 4 heterocycles. The third kappa shape index (κ3) is 8.53. The fourth-order valence-electron chi connectivity index (χ4n) is 6.26. The SMILES string of the molecule is COC(=O)[C@H]1C[C@H]1/C=C\CCCCCC(NC(=O)OC1CCC1)C(=O)N1CC(Oc2nc(-c3ccccn3)nc3ccsc23)C[C@H]1C(N)=O. The highest BCUT2D eigenvalue weighted by atomic mass is 32.1. The average Bonchev–Trinajstić information content (AvgIpc) is 3.47. The van der Waals surface area contributed by atoms with Gasteiger partial charge in [0, 0.05) is 12.6 Å². The Morgan fingerprint density at radius 1 is 1.10 bits per heavy atom. The number of ether oxygens (including phenoxy) is 3. The van der Waals surface area contributed by atoms with Crippen LogP contribution in [0, 0.1) is 11.8 Å². The number of esters is 1.